The van der Waals surface area contributed by atoms with Gasteiger partial charge in [-0.1, -0.05) is 29.3 Å². The minimum absolute atomic E-state index is 0.136. The van der Waals surface area contributed by atoms with E-state index in [9.17, 15) is 19.1 Å². The molecule has 0 fully saturated rings. The van der Waals surface area contributed by atoms with E-state index in [-0.39, 0.29) is 27.6 Å². The summed E-state index contributed by atoms with van der Waals surface area (Å²) < 4.78 is 24.9. The zero-order valence-electron chi connectivity index (χ0n) is 18.0. The molecule has 1 amide bonds. The van der Waals surface area contributed by atoms with E-state index in [2.05, 4.69) is 4.98 Å². The number of amides is 1. The van der Waals surface area contributed by atoms with Crippen LogP contribution in [-0.4, -0.2) is 28.9 Å². The first kappa shape index (κ1) is 22.9. The summed E-state index contributed by atoms with van der Waals surface area (Å²) in [6.07, 6.45) is 2.99. The number of anilines is 1. The number of nitrogens with zero attached hydrogens (tertiary/aromatic N) is 2. The number of carbonyl (C=O) groups is 2. The maximum Gasteiger partial charge on any atom is 0.294 e. The number of furan rings is 1. The van der Waals surface area contributed by atoms with Crippen molar-refractivity contribution in [2.45, 2.75) is 6.04 Å². The van der Waals surface area contributed by atoms with Gasteiger partial charge >= 0.3 is 0 Å². The van der Waals surface area contributed by atoms with Gasteiger partial charge in [0.2, 0.25) is 5.78 Å². The summed E-state index contributed by atoms with van der Waals surface area (Å²) >= 11 is 12.1. The second-order valence-electron chi connectivity index (χ2n) is 7.69. The van der Waals surface area contributed by atoms with Gasteiger partial charge in [-0.25, -0.2) is 4.39 Å². The standard InChI is InChI=1S/C25H15Cl2FN2O5/c1-34-19-9-14(26)7-13-8-18(35-24(13)19)22(31)20-21(12-3-2-6-29-11-12)30(25(33)23(20)32)15-4-5-17(28)16(27)10-15/h2-11,21,32H,1H3. The zero-order valence-corrected chi connectivity index (χ0v) is 19.5. The number of aromatic nitrogens is 1. The summed E-state index contributed by atoms with van der Waals surface area (Å²) in [5, 5.41) is 11.5. The second-order valence-corrected chi connectivity index (χ2v) is 8.53. The van der Waals surface area contributed by atoms with E-state index in [4.69, 9.17) is 32.4 Å². The number of aliphatic hydroxyl groups excluding tert-OH is 1. The van der Waals surface area contributed by atoms with Crippen LogP contribution in [0.3, 0.4) is 0 Å². The number of ether oxygens (including phenoxy) is 1. The molecule has 2 aromatic heterocycles. The van der Waals surface area contributed by atoms with Crippen molar-refractivity contribution in [1.29, 1.82) is 0 Å². The highest BCUT2D eigenvalue weighted by atomic mass is 35.5. The van der Waals surface area contributed by atoms with Gasteiger partial charge < -0.3 is 14.3 Å². The number of hydrogen-bond acceptors (Lipinski definition) is 6. The van der Waals surface area contributed by atoms with Gasteiger partial charge in [0.25, 0.3) is 5.91 Å². The zero-order chi connectivity index (χ0) is 24.9. The summed E-state index contributed by atoms with van der Waals surface area (Å²) in [4.78, 5) is 32.1. The Morgan fingerprint density at radius 3 is 2.69 bits per heavy atom. The van der Waals surface area contributed by atoms with Crippen LogP contribution in [0.2, 0.25) is 10.0 Å². The number of hydrogen-bond donors (Lipinski definition) is 1. The van der Waals surface area contributed by atoms with Crippen molar-refractivity contribution in [2.24, 2.45) is 0 Å². The highest BCUT2D eigenvalue weighted by Gasteiger charge is 2.45. The van der Waals surface area contributed by atoms with Crippen LogP contribution in [0.15, 0.2) is 76.7 Å². The molecule has 4 aromatic rings. The lowest BCUT2D eigenvalue weighted by molar-refractivity contribution is -0.117. The Bertz CT molecular complexity index is 1530. The van der Waals surface area contributed by atoms with Crippen LogP contribution in [-0.2, 0) is 4.79 Å². The molecule has 0 bridgehead atoms. The van der Waals surface area contributed by atoms with Crippen LogP contribution >= 0.6 is 23.2 Å². The lowest BCUT2D eigenvalue weighted by atomic mass is 9.96. The molecule has 1 aliphatic heterocycles. The van der Waals surface area contributed by atoms with Gasteiger partial charge in [0.15, 0.2) is 22.9 Å². The number of ketones is 1. The number of carbonyl (C=O) groups excluding carboxylic acids is 2. The van der Waals surface area contributed by atoms with Gasteiger partial charge in [0, 0.05) is 34.6 Å². The Labute approximate surface area is 207 Å². The topological polar surface area (TPSA) is 92.9 Å². The number of rotatable bonds is 5. The molecule has 0 spiro atoms. The van der Waals surface area contributed by atoms with Crippen molar-refractivity contribution >= 4 is 51.5 Å². The maximum atomic E-state index is 13.8. The van der Waals surface area contributed by atoms with Crippen molar-refractivity contribution in [3.8, 4) is 5.75 Å². The van der Waals surface area contributed by atoms with Crippen molar-refractivity contribution in [3.63, 3.8) is 0 Å². The summed E-state index contributed by atoms with van der Waals surface area (Å²) in [6, 6.07) is 10.5. The number of methoxy groups -OCH3 is 1. The smallest absolute Gasteiger partial charge is 0.294 e. The molecule has 5 rings (SSSR count). The number of benzene rings is 2. The lowest BCUT2D eigenvalue weighted by Crippen LogP contribution is -2.31. The van der Waals surface area contributed by atoms with Crippen LogP contribution in [0.4, 0.5) is 10.1 Å². The number of pyridine rings is 1. The number of aliphatic hydroxyl groups is 1. The van der Waals surface area contributed by atoms with E-state index in [1.807, 2.05) is 0 Å². The Balaban J connectivity index is 1.66. The third-order valence-corrected chi connectivity index (χ3v) is 6.13. The van der Waals surface area contributed by atoms with Gasteiger partial charge in [0.05, 0.1) is 23.7 Å². The summed E-state index contributed by atoms with van der Waals surface area (Å²) in [5.41, 5.74) is 0.672. The van der Waals surface area contributed by atoms with Gasteiger partial charge in [-0.05, 0) is 42.0 Å². The first-order chi connectivity index (χ1) is 16.8. The van der Waals surface area contributed by atoms with Crippen LogP contribution in [0.25, 0.3) is 11.0 Å². The molecule has 3 heterocycles. The highest BCUT2D eigenvalue weighted by molar-refractivity contribution is 6.32. The van der Waals surface area contributed by atoms with E-state index in [0.29, 0.717) is 21.7 Å². The minimum Gasteiger partial charge on any atom is -0.503 e. The fraction of sp³-hybridized carbons (Fsp3) is 0.0800. The molecule has 1 N–H and O–H groups in total. The lowest BCUT2D eigenvalue weighted by Gasteiger charge is -2.26. The fourth-order valence-electron chi connectivity index (χ4n) is 4.07. The van der Waals surface area contributed by atoms with E-state index in [0.717, 1.165) is 11.0 Å². The van der Waals surface area contributed by atoms with E-state index < -0.39 is 29.3 Å². The first-order valence-corrected chi connectivity index (χ1v) is 11.0. The van der Waals surface area contributed by atoms with Crippen LogP contribution in [0.1, 0.15) is 22.2 Å². The monoisotopic (exact) mass is 512 g/mol. The van der Waals surface area contributed by atoms with Gasteiger partial charge in [-0.3, -0.25) is 19.5 Å². The highest BCUT2D eigenvalue weighted by Crippen LogP contribution is 2.43. The molecule has 0 saturated heterocycles. The SMILES string of the molecule is COc1cc(Cl)cc2cc(C(=O)C3=C(O)C(=O)N(c4ccc(F)c(Cl)c4)C3c3cccnc3)oc12. The second kappa shape index (κ2) is 8.72. The van der Waals surface area contributed by atoms with Crippen molar-refractivity contribution < 1.29 is 28.2 Å². The Hall–Kier alpha value is -3.88. The molecule has 0 aliphatic carbocycles. The summed E-state index contributed by atoms with van der Waals surface area (Å²) in [6.45, 7) is 0. The van der Waals surface area contributed by atoms with Crippen LogP contribution in [0.5, 0.6) is 5.75 Å². The Morgan fingerprint density at radius 1 is 1.20 bits per heavy atom. The number of Topliss-reactive ketones (excluding diaryl/α,β-unsaturated/α-hetero) is 1. The first-order valence-electron chi connectivity index (χ1n) is 10.2. The van der Waals surface area contributed by atoms with Gasteiger partial charge in [-0.2, -0.15) is 0 Å². The van der Waals surface area contributed by atoms with E-state index in [1.165, 1.54) is 43.8 Å². The molecular weight excluding hydrogens is 498 g/mol. The number of fused-ring (bicyclic) bond motifs is 1. The molecule has 1 aliphatic rings. The number of halogens is 3. The largest absolute Gasteiger partial charge is 0.503 e. The molecule has 10 heteroatoms. The van der Waals surface area contributed by atoms with E-state index in [1.54, 1.807) is 18.2 Å². The molecule has 2 aromatic carbocycles. The molecule has 176 valence electrons. The third-order valence-electron chi connectivity index (χ3n) is 5.62. The predicted octanol–water partition coefficient (Wildman–Crippen LogP) is 6.07. The normalized spacial score (nSPS) is 15.8. The molecule has 1 atom stereocenters. The van der Waals surface area contributed by atoms with Crippen molar-refractivity contribution in [1.82, 2.24) is 4.98 Å². The van der Waals surface area contributed by atoms with Crippen molar-refractivity contribution in [3.05, 3.63) is 99.4 Å². The molecule has 0 saturated carbocycles. The third kappa shape index (κ3) is 3.80. The average Bonchev–Trinajstić information content (AvgIpc) is 3.39. The minimum atomic E-state index is -1.08. The molecular formula is C25H15Cl2FN2O5. The average molecular weight is 513 g/mol. The Kier molecular flexibility index (Phi) is 5.70. The molecule has 7 nitrogen and oxygen atoms in total. The van der Waals surface area contributed by atoms with Crippen LogP contribution in [0, 0.1) is 5.82 Å². The summed E-state index contributed by atoms with van der Waals surface area (Å²) in [7, 11) is 1.43. The van der Waals surface area contributed by atoms with E-state index >= 15 is 0 Å². The molecule has 0 radical (unpaired) electrons. The van der Waals surface area contributed by atoms with Gasteiger partial charge in [0.1, 0.15) is 5.82 Å². The molecule has 1 unspecified atom stereocenters. The van der Waals surface area contributed by atoms with Crippen LogP contribution < -0.4 is 9.64 Å². The fourth-order valence-corrected chi connectivity index (χ4v) is 4.47. The summed E-state index contributed by atoms with van der Waals surface area (Å²) in [5.74, 6) is -2.85. The van der Waals surface area contributed by atoms with Crippen molar-refractivity contribution in [2.75, 3.05) is 12.0 Å². The molecule has 35 heavy (non-hydrogen) atoms. The van der Waals surface area contributed by atoms with Gasteiger partial charge in [-0.15, -0.1) is 0 Å². The quantitative estimate of drug-likeness (QED) is 0.326. The maximum absolute atomic E-state index is 13.8. The Morgan fingerprint density at radius 2 is 2.00 bits per heavy atom. The predicted molar refractivity (Wildman–Crippen MR) is 128 cm³/mol.